The summed E-state index contributed by atoms with van der Waals surface area (Å²) in [6.07, 6.45) is 3.61. The SMILES string of the molecule is CC(C)CN(c1ncc(CN)cn1)C(C)C. The zero-order valence-corrected chi connectivity index (χ0v) is 10.6. The molecule has 0 spiro atoms. The number of aromatic nitrogens is 2. The van der Waals surface area contributed by atoms with Crippen LogP contribution in [0.25, 0.3) is 0 Å². The molecule has 0 aromatic carbocycles. The molecule has 0 bridgehead atoms. The second-order valence-corrected chi connectivity index (χ2v) is 4.74. The number of nitrogens with two attached hydrogens (primary N) is 1. The highest BCUT2D eigenvalue weighted by Gasteiger charge is 2.14. The van der Waals surface area contributed by atoms with Gasteiger partial charge in [0.15, 0.2) is 0 Å². The molecule has 1 heterocycles. The van der Waals surface area contributed by atoms with Crippen LogP contribution in [0.2, 0.25) is 0 Å². The molecule has 0 unspecified atom stereocenters. The van der Waals surface area contributed by atoms with E-state index < -0.39 is 0 Å². The molecule has 0 aliphatic heterocycles. The first kappa shape index (κ1) is 12.9. The van der Waals surface area contributed by atoms with Gasteiger partial charge in [0.25, 0.3) is 0 Å². The summed E-state index contributed by atoms with van der Waals surface area (Å²) < 4.78 is 0. The summed E-state index contributed by atoms with van der Waals surface area (Å²) in [6, 6.07) is 0.408. The third-order valence-corrected chi connectivity index (χ3v) is 2.37. The Balaban J connectivity index is 2.84. The fraction of sp³-hybridized carbons (Fsp3) is 0.667. The fourth-order valence-corrected chi connectivity index (χ4v) is 1.52. The molecule has 1 aromatic heterocycles. The Bertz CT molecular complexity index is 305. The quantitative estimate of drug-likeness (QED) is 0.825. The van der Waals surface area contributed by atoms with Gasteiger partial charge in [0, 0.05) is 37.1 Å². The Morgan fingerprint density at radius 2 is 1.75 bits per heavy atom. The summed E-state index contributed by atoms with van der Waals surface area (Å²) in [7, 11) is 0. The van der Waals surface area contributed by atoms with Crippen molar-refractivity contribution in [3.8, 4) is 0 Å². The Morgan fingerprint density at radius 3 is 2.12 bits per heavy atom. The maximum atomic E-state index is 5.52. The average Bonchev–Trinajstić information content (AvgIpc) is 2.25. The predicted octanol–water partition coefficient (Wildman–Crippen LogP) is 1.81. The van der Waals surface area contributed by atoms with Crippen LogP contribution in [0.1, 0.15) is 33.3 Å². The van der Waals surface area contributed by atoms with Crippen molar-refractivity contribution in [2.45, 2.75) is 40.3 Å². The van der Waals surface area contributed by atoms with E-state index in [1.54, 1.807) is 12.4 Å². The topological polar surface area (TPSA) is 55.0 Å². The van der Waals surface area contributed by atoms with Gasteiger partial charge in [-0.05, 0) is 19.8 Å². The van der Waals surface area contributed by atoms with E-state index in [4.69, 9.17) is 5.73 Å². The number of hydrogen-bond donors (Lipinski definition) is 1. The third-order valence-electron chi connectivity index (χ3n) is 2.37. The fourth-order valence-electron chi connectivity index (χ4n) is 1.52. The normalized spacial score (nSPS) is 11.2. The minimum absolute atomic E-state index is 0.408. The van der Waals surface area contributed by atoms with E-state index in [2.05, 4.69) is 42.6 Å². The van der Waals surface area contributed by atoms with Crippen molar-refractivity contribution in [3.05, 3.63) is 18.0 Å². The summed E-state index contributed by atoms with van der Waals surface area (Å²) in [5.74, 6) is 1.39. The molecular weight excluding hydrogens is 200 g/mol. The largest absolute Gasteiger partial charge is 0.338 e. The minimum Gasteiger partial charge on any atom is -0.338 e. The molecule has 0 fully saturated rings. The van der Waals surface area contributed by atoms with E-state index in [1.165, 1.54) is 0 Å². The highest BCUT2D eigenvalue weighted by Crippen LogP contribution is 2.13. The van der Waals surface area contributed by atoms with E-state index in [1.807, 2.05) is 0 Å². The van der Waals surface area contributed by atoms with Gasteiger partial charge in [-0.1, -0.05) is 13.8 Å². The van der Waals surface area contributed by atoms with Gasteiger partial charge in [-0.3, -0.25) is 0 Å². The van der Waals surface area contributed by atoms with Gasteiger partial charge in [0.2, 0.25) is 5.95 Å². The lowest BCUT2D eigenvalue weighted by Crippen LogP contribution is -2.35. The molecule has 0 aliphatic rings. The van der Waals surface area contributed by atoms with Gasteiger partial charge in [-0.25, -0.2) is 9.97 Å². The van der Waals surface area contributed by atoms with Crippen molar-refractivity contribution in [2.24, 2.45) is 11.7 Å². The first-order valence-electron chi connectivity index (χ1n) is 5.82. The highest BCUT2D eigenvalue weighted by molar-refractivity contribution is 5.31. The second kappa shape index (κ2) is 5.80. The first-order valence-corrected chi connectivity index (χ1v) is 5.82. The van der Waals surface area contributed by atoms with Crippen molar-refractivity contribution in [1.82, 2.24) is 9.97 Å². The van der Waals surface area contributed by atoms with Gasteiger partial charge in [0.05, 0.1) is 0 Å². The van der Waals surface area contributed by atoms with Crippen LogP contribution >= 0.6 is 0 Å². The standard InChI is InChI=1S/C12H22N4/c1-9(2)8-16(10(3)4)12-14-6-11(5-13)7-15-12/h6-7,9-10H,5,8,13H2,1-4H3. The lowest BCUT2D eigenvalue weighted by molar-refractivity contribution is 0.560. The molecule has 0 radical (unpaired) electrons. The van der Waals surface area contributed by atoms with E-state index in [-0.39, 0.29) is 0 Å². The summed E-state index contributed by atoms with van der Waals surface area (Å²) in [5, 5.41) is 0. The molecule has 4 heteroatoms. The molecular formula is C12H22N4. The summed E-state index contributed by atoms with van der Waals surface area (Å²) >= 11 is 0. The third kappa shape index (κ3) is 3.45. The van der Waals surface area contributed by atoms with Gasteiger partial charge in [-0.2, -0.15) is 0 Å². The minimum atomic E-state index is 0.408. The first-order chi connectivity index (χ1) is 7.54. The molecule has 0 aliphatic carbocycles. The monoisotopic (exact) mass is 222 g/mol. The zero-order valence-electron chi connectivity index (χ0n) is 10.6. The van der Waals surface area contributed by atoms with Crippen LogP contribution in [0.3, 0.4) is 0 Å². The smallest absolute Gasteiger partial charge is 0.225 e. The van der Waals surface area contributed by atoms with E-state index >= 15 is 0 Å². The van der Waals surface area contributed by atoms with E-state index in [0.29, 0.717) is 18.5 Å². The Hall–Kier alpha value is -1.16. The van der Waals surface area contributed by atoms with Crippen LogP contribution in [0.4, 0.5) is 5.95 Å². The second-order valence-electron chi connectivity index (χ2n) is 4.74. The van der Waals surface area contributed by atoms with Crippen LogP contribution in [0.5, 0.6) is 0 Å². The summed E-state index contributed by atoms with van der Waals surface area (Å²) in [4.78, 5) is 10.9. The number of anilines is 1. The van der Waals surface area contributed by atoms with Gasteiger partial charge in [0.1, 0.15) is 0 Å². The average molecular weight is 222 g/mol. The molecule has 0 amide bonds. The molecule has 0 saturated heterocycles. The Kier molecular flexibility index (Phi) is 4.68. The predicted molar refractivity (Wildman–Crippen MR) is 67.2 cm³/mol. The molecule has 16 heavy (non-hydrogen) atoms. The molecule has 4 nitrogen and oxygen atoms in total. The lowest BCUT2D eigenvalue weighted by atomic mass is 10.2. The van der Waals surface area contributed by atoms with Gasteiger partial charge >= 0.3 is 0 Å². The van der Waals surface area contributed by atoms with Crippen LogP contribution in [-0.4, -0.2) is 22.6 Å². The number of rotatable bonds is 5. The summed E-state index contributed by atoms with van der Waals surface area (Å²) in [6.45, 7) is 10.2. The molecule has 90 valence electrons. The van der Waals surface area contributed by atoms with Crippen molar-refractivity contribution in [2.75, 3.05) is 11.4 Å². The van der Waals surface area contributed by atoms with Gasteiger partial charge in [-0.15, -0.1) is 0 Å². The molecule has 1 aromatic rings. The van der Waals surface area contributed by atoms with E-state index in [0.717, 1.165) is 18.1 Å². The van der Waals surface area contributed by atoms with Crippen LogP contribution in [0, 0.1) is 5.92 Å². The van der Waals surface area contributed by atoms with Crippen LogP contribution in [-0.2, 0) is 6.54 Å². The molecule has 2 N–H and O–H groups in total. The Morgan fingerprint density at radius 1 is 1.19 bits per heavy atom. The van der Waals surface area contributed by atoms with Crippen molar-refractivity contribution in [3.63, 3.8) is 0 Å². The van der Waals surface area contributed by atoms with Crippen molar-refractivity contribution < 1.29 is 0 Å². The highest BCUT2D eigenvalue weighted by atomic mass is 15.3. The summed E-state index contributed by atoms with van der Waals surface area (Å²) in [5.41, 5.74) is 6.49. The maximum absolute atomic E-state index is 5.52. The van der Waals surface area contributed by atoms with Crippen LogP contribution < -0.4 is 10.6 Å². The van der Waals surface area contributed by atoms with Crippen molar-refractivity contribution >= 4 is 5.95 Å². The molecule has 0 saturated carbocycles. The zero-order chi connectivity index (χ0) is 12.1. The molecule has 1 rings (SSSR count). The van der Waals surface area contributed by atoms with Gasteiger partial charge < -0.3 is 10.6 Å². The van der Waals surface area contributed by atoms with Crippen LogP contribution in [0.15, 0.2) is 12.4 Å². The number of nitrogens with zero attached hydrogens (tertiary/aromatic N) is 3. The molecule has 0 atom stereocenters. The number of hydrogen-bond acceptors (Lipinski definition) is 4. The lowest BCUT2D eigenvalue weighted by Gasteiger charge is -2.28. The van der Waals surface area contributed by atoms with Crippen molar-refractivity contribution in [1.29, 1.82) is 0 Å². The van der Waals surface area contributed by atoms with E-state index in [9.17, 15) is 0 Å². The Labute approximate surface area is 97.9 Å². The maximum Gasteiger partial charge on any atom is 0.225 e.